The van der Waals surface area contributed by atoms with Crippen molar-refractivity contribution in [2.45, 2.75) is 31.2 Å². The Balaban J connectivity index is 1.35. The minimum absolute atomic E-state index is 0.0979. The molecular formula is C22H24N4O7S. The zero-order valence-corrected chi connectivity index (χ0v) is 19.4. The number of carbonyl (C=O) groups is 1. The number of sulfonamides is 1. The van der Waals surface area contributed by atoms with E-state index in [2.05, 4.69) is 0 Å². The summed E-state index contributed by atoms with van der Waals surface area (Å²) in [4.78, 5) is 36.6. The van der Waals surface area contributed by atoms with Crippen LogP contribution in [0.25, 0.3) is 11.1 Å². The fourth-order valence-electron chi connectivity index (χ4n) is 4.07. The van der Waals surface area contributed by atoms with Crippen LogP contribution >= 0.6 is 0 Å². The zero-order chi connectivity index (χ0) is 24.5. The van der Waals surface area contributed by atoms with E-state index >= 15 is 0 Å². The number of nitro benzene ring substituents is 1. The molecule has 1 aliphatic heterocycles. The summed E-state index contributed by atoms with van der Waals surface area (Å²) in [6, 6.07) is 10.8. The smallest absolute Gasteiger partial charge is 0.408 e. The molecule has 0 N–H and O–H groups in total. The Kier molecular flexibility index (Phi) is 6.53. The van der Waals surface area contributed by atoms with Crippen molar-refractivity contribution in [3.05, 3.63) is 68.7 Å². The molecule has 4 rings (SSSR count). The van der Waals surface area contributed by atoms with Crippen LogP contribution < -0.4 is 5.76 Å². The molecule has 2 aromatic carbocycles. The first-order valence-corrected chi connectivity index (χ1v) is 12.2. The molecule has 0 aliphatic carbocycles. The molecule has 1 aromatic heterocycles. The van der Waals surface area contributed by atoms with E-state index in [-0.39, 0.29) is 49.1 Å². The monoisotopic (exact) mass is 488 g/mol. The quantitative estimate of drug-likeness (QED) is 0.367. The number of oxazole rings is 1. The molecule has 1 amide bonds. The maximum atomic E-state index is 13.1. The van der Waals surface area contributed by atoms with Crippen molar-refractivity contribution < 1.29 is 22.6 Å². The second-order valence-corrected chi connectivity index (χ2v) is 9.99. The third-order valence-electron chi connectivity index (χ3n) is 5.94. The van der Waals surface area contributed by atoms with Crippen molar-refractivity contribution in [2.75, 3.05) is 26.2 Å². The lowest BCUT2D eigenvalue weighted by molar-refractivity contribution is -0.385. The van der Waals surface area contributed by atoms with Gasteiger partial charge < -0.3 is 9.32 Å². The topological polar surface area (TPSA) is 136 Å². The summed E-state index contributed by atoms with van der Waals surface area (Å²) in [6.07, 6.45) is 0.649. The lowest BCUT2D eigenvalue weighted by Crippen LogP contribution is -2.50. The van der Waals surface area contributed by atoms with Gasteiger partial charge in [0.05, 0.1) is 15.3 Å². The summed E-state index contributed by atoms with van der Waals surface area (Å²) in [5.74, 6) is -0.590. The molecule has 0 saturated carbocycles. The maximum absolute atomic E-state index is 13.1. The van der Waals surface area contributed by atoms with Crippen LogP contribution in [0.3, 0.4) is 0 Å². The van der Waals surface area contributed by atoms with Gasteiger partial charge >= 0.3 is 5.76 Å². The van der Waals surface area contributed by atoms with Crippen molar-refractivity contribution in [2.24, 2.45) is 0 Å². The van der Waals surface area contributed by atoms with Crippen LogP contribution in [0.1, 0.15) is 18.4 Å². The zero-order valence-electron chi connectivity index (χ0n) is 18.5. The summed E-state index contributed by atoms with van der Waals surface area (Å²) in [5, 5.41) is 11.1. The number of rotatable bonds is 7. The van der Waals surface area contributed by atoms with Gasteiger partial charge in [-0.25, -0.2) is 13.2 Å². The molecule has 34 heavy (non-hydrogen) atoms. The van der Waals surface area contributed by atoms with Crippen molar-refractivity contribution in [1.29, 1.82) is 0 Å². The van der Waals surface area contributed by atoms with E-state index in [4.69, 9.17) is 4.42 Å². The van der Waals surface area contributed by atoms with Crippen LogP contribution in [-0.2, 0) is 21.4 Å². The summed E-state index contributed by atoms with van der Waals surface area (Å²) >= 11 is 0. The van der Waals surface area contributed by atoms with Crippen LogP contribution in [0.4, 0.5) is 5.69 Å². The highest BCUT2D eigenvalue weighted by atomic mass is 32.2. The minimum Gasteiger partial charge on any atom is -0.408 e. The average Bonchev–Trinajstić information content (AvgIpc) is 3.14. The van der Waals surface area contributed by atoms with Gasteiger partial charge in [-0.15, -0.1) is 0 Å². The van der Waals surface area contributed by atoms with Crippen molar-refractivity contribution >= 4 is 32.7 Å². The first kappa shape index (κ1) is 23.6. The Hall–Kier alpha value is -3.51. The van der Waals surface area contributed by atoms with E-state index < -0.39 is 20.7 Å². The SMILES string of the molecule is Cc1ccc([N+](=O)[O-])cc1S(=O)(=O)N1CCN(C(=O)CCCn2c(=O)oc3ccccc32)CC1. The lowest BCUT2D eigenvalue weighted by atomic mass is 10.2. The first-order chi connectivity index (χ1) is 16.2. The number of benzene rings is 2. The predicted molar refractivity (Wildman–Crippen MR) is 123 cm³/mol. The van der Waals surface area contributed by atoms with Gasteiger partial charge in [0.2, 0.25) is 15.9 Å². The molecule has 11 nitrogen and oxygen atoms in total. The normalized spacial score (nSPS) is 15.0. The van der Waals surface area contributed by atoms with Crippen LogP contribution in [0, 0.1) is 17.0 Å². The van der Waals surface area contributed by atoms with Crippen molar-refractivity contribution in [1.82, 2.24) is 13.8 Å². The molecule has 2 heterocycles. The number of amides is 1. The van der Waals surface area contributed by atoms with Gasteiger partial charge in [-0.2, -0.15) is 4.31 Å². The molecule has 12 heteroatoms. The fraction of sp³-hybridized carbons (Fsp3) is 0.364. The van der Waals surface area contributed by atoms with Gasteiger partial charge in [-0.1, -0.05) is 18.2 Å². The molecule has 0 atom stereocenters. The third-order valence-corrected chi connectivity index (χ3v) is 7.98. The first-order valence-electron chi connectivity index (χ1n) is 10.8. The highest BCUT2D eigenvalue weighted by molar-refractivity contribution is 7.89. The molecule has 0 bridgehead atoms. The van der Waals surface area contributed by atoms with E-state index in [0.717, 1.165) is 6.07 Å². The van der Waals surface area contributed by atoms with E-state index in [9.17, 15) is 28.1 Å². The van der Waals surface area contributed by atoms with Crippen molar-refractivity contribution in [3.8, 4) is 0 Å². The number of para-hydroxylation sites is 2. The predicted octanol–water partition coefficient (Wildman–Crippen LogP) is 2.12. The number of nitro groups is 1. The Labute approximate surface area is 195 Å². The Bertz CT molecular complexity index is 1400. The van der Waals surface area contributed by atoms with Crippen LogP contribution in [0.15, 0.2) is 56.6 Å². The van der Waals surface area contributed by atoms with Gasteiger partial charge in [0.1, 0.15) is 0 Å². The second-order valence-electron chi connectivity index (χ2n) is 8.08. The number of fused-ring (bicyclic) bond motifs is 1. The largest absolute Gasteiger partial charge is 0.419 e. The van der Waals surface area contributed by atoms with Gasteiger partial charge in [-0.05, 0) is 31.0 Å². The van der Waals surface area contributed by atoms with Crippen LogP contribution in [-0.4, -0.2) is 59.2 Å². The van der Waals surface area contributed by atoms with E-state index in [1.54, 1.807) is 30.0 Å². The van der Waals surface area contributed by atoms with E-state index in [0.29, 0.717) is 29.6 Å². The number of carbonyl (C=O) groups excluding carboxylic acids is 1. The number of nitrogens with zero attached hydrogens (tertiary/aromatic N) is 4. The fourth-order valence-corrected chi connectivity index (χ4v) is 5.74. The number of hydrogen-bond donors (Lipinski definition) is 0. The molecule has 0 radical (unpaired) electrons. The highest BCUT2D eigenvalue weighted by Gasteiger charge is 2.32. The second kappa shape index (κ2) is 9.39. The summed E-state index contributed by atoms with van der Waals surface area (Å²) in [5.41, 5.74) is 1.30. The number of aryl methyl sites for hydroxylation is 2. The van der Waals surface area contributed by atoms with Gasteiger partial charge in [0, 0.05) is 51.3 Å². The van der Waals surface area contributed by atoms with Crippen molar-refractivity contribution in [3.63, 3.8) is 0 Å². The molecule has 0 spiro atoms. The van der Waals surface area contributed by atoms with Crippen LogP contribution in [0.2, 0.25) is 0 Å². The standard InChI is InChI=1S/C22H24N4O7S/c1-16-8-9-17(26(29)30)15-20(16)34(31,32)24-13-11-23(12-14-24)21(27)7-4-10-25-18-5-2-3-6-19(18)33-22(25)28/h2-3,5-6,8-9,15H,4,7,10-14H2,1H3. The van der Waals surface area contributed by atoms with Crippen LogP contribution in [0.5, 0.6) is 0 Å². The molecule has 1 aliphatic rings. The third kappa shape index (κ3) is 4.59. The number of aromatic nitrogens is 1. The molecule has 0 unspecified atom stereocenters. The Morgan fingerprint density at radius 3 is 2.53 bits per heavy atom. The van der Waals surface area contributed by atoms with Gasteiger partial charge in [-0.3, -0.25) is 19.5 Å². The van der Waals surface area contributed by atoms with E-state index in [1.807, 2.05) is 6.07 Å². The molecular weight excluding hydrogens is 464 g/mol. The Morgan fingerprint density at radius 1 is 1.12 bits per heavy atom. The van der Waals surface area contributed by atoms with E-state index in [1.165, 1.54) is 21.0 Å². The number of non-ortho nitro benzene ring substituents is 1. The van der Waals surface area contributed by atoms with Gasteiger partial charge in [0.15, 0.2) is 5.58 Å². The average molecular weight is 489 g/mol. The highest BCUT2D eigenvalue weighted by Crippen LogP contribution is 2.25. The molecule has 1 fully saturated rings. The minimum atomic E-state index is -3.93. The summed E-state index contributed by atoms with van der Waals surface area (Å²) in [7, 11) is -3.93. The Morgan fingerprint density at radius 2 is 1.82 bits per heavy atom. The number of hydrogen-bond acceptors (Lipinski definition) is 7. The molecule has 3 aromatic rings. The summed E-state index contributed by atoms with van der Waals surface area (Å²) < 4.78 is 34.1. The van der Waals surface area contributed by atoms with Gasteiger partial charge in [0.25, 0.3) is 5.69 Å². The molecule has 180 valence electrons. The molecule has 1 saturated heterocycles. The number of piperazine rings is 1. The lowest BCUT2D eigenvalue weighted by Gasteiger charge is -2.34. The maximum Gasteiger partial charge on any atom is 0.419 e. The summed E-state index contributed by atoms with van der Waals surface area (Å²) in [6.45, 7) is 2.57.